The van der Waals surface area contributed by atoms with Crippen molar-refractivity contribution in [3.63, 3.8) is 0 Å². The first-order valence-electron chi connectivity index (χ1n) is 12.1. The number of aliphatic hydroxyl groups is 1. The molecule has 1 N–H and O–H groups in total. The van der Waals surface area contributed by atoms with Crippen LogP contribution in [0.3, 0.4) is 0 Å². The lowest BCUT2D eigenvalue weighted by Gasteiger charge is -2.26. The van der Waals surface area contributed by atoms with Crippen LogP contribution in [0.25, 0.3) is 5.76 Å². The lowest BCUT2D eigenvalue weighted by molar-refractivity contribution is -0.132. The Labute approximate surface area is 226 Å². The Morgan fingerprint density at radius 2 is 1.71 bits per heavy atom. The minimum absolute atomic E-state index is 0.115. The van der Waals surface area contributed by atoms with Crippen LogP contribution >= 0.6 is 11.6 Å². The largest absolute Gasteiger partial charge is 0.507 e. The molecule has 1 heterocycles. The maximum atomic E-state index is 13.5. The average molecular weight is 534 g/mol. The number of aryl methyl sites for hydroxylation is 2. The van der Waals surface area contributed by atoms with Gasteiger partial charge in [-0.15, -0.1) is 0 Å². The first-order chi connectivity index (χ1) is 18.0. The average Bonchev–Trinajstić information content (AvgIpc) is 3.13. The first-order valence-corrected chi connectivity index (χ1v) is 12.4. The topological polar surface area (TPSA) is 93.1 Å². The fourth-order valence-electron chi connectivity index (χ4n) is 4.58. The summed E-state index contributed by atoms with van der Waals surface area (Å²) < 4.78 is 10.7. The molecule has 1 unspecified atom stereocenters. The van der Waals surface area contributed by atoms with E-state index in [4.69, 9.17) is 21.1 Å². The molecule has 0 saturated carbocycles. The van der Waals surface area contributed by atoms with Crippen molar-refractivity contribution in [2.75, 3.05) is 12.0 Å². The number of carbonyl (C=O) groups is 3. The fraction of sp³-hybridized carbons (Fsp3) is 0.233. The fourth-order valence-corrected chi connectivity index (χ4v) is 4.93. The molecule has 0 aliphatic carbocycles. The highest BCUT2D eigenvalue weighted by molar-refractivity contribution is 6.51. The molecule has 1 fully saturated rings. The summed E-state index contributed by atoms with van der Waals surface area (Å²) in [7, 11) is 1.41. The summed E-state index contributed by atoms with van der Waals surface area (Å²) in [6, 6.07) is 16.0. The van der Waals surface area contributed by atoms with Crippen LogP contribution in [0, 0.1) is 13.8 Å². The van der Waals surface area contributed by atoms with Crippen LogP contribution in [0.5, 0.6) is 5.75 Å². The van der Waals surface area contributed by atoms with Crippen molar-refractivity contribution in [2.24, 2.45) is 0 Å². The van der Waals surface area contributed by atoms with E-state index in [1.54, 1.807) is 57.2 Å². The summed E-state index contributed by atoms with van der Waals surface area (Å²) in [6.45, 7) is 7.16. The number of halogens is 1. The minimum Gasteiger partial charge on any atom is -0.507 e. The normalized spacial score (nSPS) is 16.7. The number of rotatable bonds is 6. The molecule has 1 amide bonds. The van der Waals surface area contributed by atoms with Crippen LogP contribution in [-0.2, 0) is 14.3 Å². The summed E-state index contributed by atoms with van der Waals surface area (Å²) in [5.41, 5.74) is 2.86. The number of amides is 1. The number of aliphatic hydroxyl groups excluding tert-OH is 1. The molecule has 0 bridgehead atoms. The van der Waals surface area contributed by atoms with Crippen molar-refractivity contribution in [1.82, 2.24) is 0 Å². The Bertz CT molecular complexity index is 1480. The van der Waals surface area contributed by atoms with E-state index in [-0.39, 0.29) is 33.6 Å². The number of Topliss-reactive ketones (excluding diaryl/α,β-unsaturated/α-hetero) is 1. The molecule has 7 nitrogen and oxygen atoms in total. The van der Waals surface area contributed by atoms with Crippen molar-refractivity contribution in [2.45, 2.75) is 39.8 Å². The number of anilines is 1. The maximum Gasteiger partial charge on any atom is 0.338 e. The molecule has 3 aromatic rings. The van der Waals surface area contributed by atoms with Crippen molar-refractivity contribution >= 4 is 40.7 Å². The lowest BCUT2D eigenvalue weighted by Crippen LogP contribution is -2.29. The van der Waals surface area contributed by atoms with Gasteiger partial charge < -0.3 is 14.6 Å². The third-order valence-corrected chi connectivity index (χ3v) is 6.43. The van der Waals surface area contributed by atoms with Crippen LogP contribution in [0.15, 0.2) is 66.2 Å². The summed E-state index contributed by atoms with van der Waals surface area (Å²) in [5, 5.41) is 11.8. The predicted octanol–water partition coefficient (Wildman–Crippen LogP) is 6.16. The van der Waals surface area contributed by atoms with E-state index >= 15 is 0 Å². The Morgan fingerprint density at radius 1 is 1.00 bits per heavy atom. The molecular weight excluding hydrogens is 506 g/mol. The maximum absolute atomic E-state index is 13.5. The van der Waals surface area contributed by atoms with Gasteiger partial charge in [0.15, 0.2) is 0 Å². The van der Waals surface area contributed by atoms with Crippen LogP contribution in [0.2, 0.25) is 5.02 Å². The van der Waals surface area contributed by atoms with E-state index in [2.05, 4.69) is 0 Å². The Balaban J connectivity index is 1.96. The van der Waals surface area contributed by atoms with Gasteiger partial charge in [-0.05, 0) is 69.2 Å². The molecule has 1 atom stereocenters. The summed E-state index contributed by atoms with van der Waals surface area (Å²) in [5.74, 6) is -2.49. The van der Waals surface area contributed by atoms with Gasteiger partial charge in [0.2, 0.25) is 0 Å². The van der Waals surface area contributed by atoms with Gasteiger partial charge in [-0.25, -0.2) is 4.79 Å². The highest BCUT2D eigenvalue weighted by Crippen LogP contribution is 2.44. The number of esters is 1. The summed E-state index contributed by atoms with van der Waals surface area (Å²) >= 11 is 6.37. The van der Waals surface area contributed by atoms with Gasteiger partial charge >= 0.3 is 5.97 Å². The molecule has 1 aliphatic heterocycles. The Kier molecular flexibility index (Phi) is 7.60. The predicted molar refractivity (Wildman–Crippen MR) is 146 cm³/mol. The molecule has 1 aliphatic rings. The molecule has 196 valence electrons. The standard InChI is InChI=1S/C30H28ClNO6/c1-16(2)38-30(36)20-10-7-11-21(15-20)32-25(19-9-6-8-17(3)12-19)24(27(34)29(32)35)26(33)22-13-18(4)14-23(31)28(22)37-5/h6-16,25,33H,1-5H3/b26-24+. The van der Waals surface area contributed by atoms with Crippen LogP contribution in [-0.4, -0.2) is 36.0 Å². The second-order valence-electron chi connectivity index (χ2n) is 9.42. The van der Waals surface area contributed by atoms with Gasteiger partial charge in [0.25, 0.3) is 11.7 Å². The van der Waals surface area contributed by atoms with Crippen molar-refractivity contribution in [1.29, 1.82) is 0 Å². The summed E-state index contributed by atoms with van der Waals surface area (Å²) in [6.07, 6.45) is -0.330. The highest BCUT2D eigenvalue weighted by atomic mass is 35.5. The van der Waals surface area contributed by atoms with Crippen molar-refractivity contribution in [3.05, 3.63) is 99.1 Å². The van der Waals surface area contributed by atoms with Gasteiger partial charge in [-0.1, -0.05) is 47.5 Å². The molecule has 3 aromatic carbocycles. The van der Waals surface area contributed by atoms with E-state index in [0.717, 1.165) is 11.1 Å². The summed E-state index contributed by atoms with van der Waals surface area (Å²) in [4.78, 5) is 40.9. The zero-order chi connectivity index (χ0) is 27.7. The number of benzene rings is 3. The third-order valence-electron chi connectivity index (χ3n) is 6.15. The number of hydrogen-bond acceptors (Lipinski definition) is 6. The molecule has 4 rings (SSSR count). The first kappa shape index (κ1) is 26.9. The van der Waals surface area contributed by atoms with E-state index in [1.165, 1.54) is 18.1 Å². The molecule has 8 heteroatoms. The molecule has 0 aromatic heterocycles. The number of ketones is 1. The van der Waals surface area contributed by atoms with E-state index in [9.17, 15) is 19.5 Å². The third kappa shape index (κ3) is 5.02. The molecule has 0 spiro atoms. The second-order valence-corrected chi connectivity index (χ2v) is 9.82. The van der Waals surface area contributed by atoms with Gasteiger partial charge in [0.05, 0.1) is 41.0 Å². The van der Waals surface area contributed by atoms with Gasteiger partial charge in [-0.2, -0.15) is 0 Å². The van der Waals surface area contributed by atoms with Gasteiger partial charge in [-0.3, -0.25) is 14.5 Å². The molecule has 0 radical (unpaired) electrons. The van der Waals surface area contributed by atoms with Gasteiger partial charge in [0.1, 0.15) is 11.5 Å². The number of methoxy groups -OCH3 is 1. The molecule has 1 saturated heterocycles. The van der Waals surface area contributed by atoms with Crippen LogP contribution < -0.4 is 9.64 Å². The van der Waals surface area contributed by atoms with E-state index < -0.39 is 29.5 Å². The number of ether oxygens (including phenoxy) is 2. The number of nitrogens with zero attached hydrogens (tertiary/aromatic N) is 1. The molecule has 38 heavy (non-hydrogen) atoms. The Hall–Kier alpha value is -4.10. The van der Waals surface area contributed by atoms with E-state index in [1.807, 2.05) is 25.1 Å². The number of carbonyl (C=O) groups excluding carboxylic acids is 3. The highest BCUT2D eigenvalue weighted by Gasteiger charge is 2.47. The molecular formula is C30H28ClNO6. The Morgan fingerprint density at radius 3 is 2.37 bits per heavy atom. The smallest absolute Gasteiger partial charge is 0.338 e. The monoisotopic (exact) mass is 533 g/mol. The van der Waals surface area contributed by atoms with Crippen molar-refractivity contribution in [3.8, 4) is 5.75 Å². The lowest BCUT2D eigenvalue weighted by atomic mass is 9.93. The zero-order valence-electron chi connectivity index (χ0n) is 21.7. The zero-order valence-corrected chi connectivity index (χ0v) is 22.5. The SMILES string of the molecule is COc1c(Cl)cc(C)cc1/C(O)=C1\C(=O)C(=O)N(c2cccc(C(=O)OC(C)C)c2)C1c1cccc(C)c1. The van der Waals surface area contributed by atoms with Crippen molar-refractivity contribution < 1.29 is 29.0 Å². The van der Waals surface area contributed by atoms with E-state index in [0.29, 0.717) is 11.3 Å². The van der Waals surface area contributed by atoms with Crippen LogP contribution in [0.1, 0.15) is 52.5 Å². The minimum atomic E-state index is -0.977. The second kappa shape index (κ2) is 10.7. The quantitative estimate of drug-likeness (QED) is 0.177. The van der Waals surface area contributed by atoms with Gasteiger partial charge in [0, 0.05) is 5.69 Å². The number of hydrogen-bond donors (Lipinski definition) is 1. The van der Waals surface area contributed by atoms with Crippen LogP contribution in [0.4, 0.5) is 5.69 Å².